The molecule has 0 aromatic heterocycles. The van der Waals surface area contributed by atoms with Crippen LogP contribution in [0.3, 0.4) is 0 Å². The largest absolute Gasteiger partial charge is 0.246 e. The summed E-state index contributed by atoms with van der Waals surface area (Å²) in [6.07, 6.45) is 3.40. The van der Waals surface area contributed by atoms with Gasteiger partial charge in [-0.05, 0) is 26.5 Å². The summed E-state index contributed by atoms with van der Waals surface area (Å²) in [5.41, 5.74) is 3.14. The van der Waals surface area contributed by atoms with Crippen LogP contribution < -0.4 is 0 Å². The number of nitrogens with zero attached hydrogens (tertiary/aromatic N) is 1. The van der Waals surface area contributed by atoms with Crippen LogP contribution in [0.4, 0.5) is 0 Å². The van der Waals surface area contributed by atoms with Crippen LogP contribution >= 0.6 is 11.9 Å². The van der Waals surface area contributed by atoms with Crippen LogP contribution in [0.1, 0.15) is 20.3 Å². The van der Waals surface area contributed by atoms with Crippen molar-refractivity contribution in [2.24, 2.45) is 0 Å². The van der Waals surface area contributed by atoms with E-state index in [1.807, 2.05) is 11.9 Å². The van der Waals surface area contributed by atoms with Gasteiger partial charge in [-0.1, -0.05) is 23.1 Å². The minimum absolute atomic E-state index is 1.16. The first-order chi connectivity index (χ1) is 4.74. The third-order valence-electron chi connectivity index (χ3n) is 2.14. The van der Waals surface area contributed by atoms with E-state index in [1.54, 1.807) is 11.1 Å². The lowest BCUT2D eigenvalue weighted by Gasteiger charge is -2.25. The van der Waals surface area contributed by atoms with Crippen molar-refractivity contribution in [2.45, 2.75) is 20.3 Å². The molecule has 0 saturated heterocycles. The summed E-state index contributed by atoms with van der Waals surface area (Å²) < 4.78 is 2.41. The zero-order chi connectivity index (χ0) is 7.56. The standard InChI is InChI=1S/C8H15NS/c1-7-4-5-9(10-3)6-8(7)2/h4-6H2,1-3H3. The fraction of sp³-hybridized carbons (Fsp3) is 0.750. The maximum absolute atomic E-state index is 2.41. The molecule has 0 saturated carbocycles. The van der Waals surface area contributed by atoms with Crippen molar-refractivity contribution in [3.05, 3.63) is 11.1 Å². The highest BCUT2D eigenvalue weighted by Crippen LogP contribution is 2.20. The first kappa shape index (κ1) is 8.15. The van der Waals surface area contributed by atoms with Crippen molar-refractivity contribution in [1.82, 2.24) is 4.31 Å². The molecule has 0 amide bonds. The number of hydrogen-bond donors (Lipinski definition) is 0. The van der Waals surface area contributed by atoms with Gasteiger partial charge in [0.2, 0.25) is 0 Å². The average Bonchev–Trinajstić information content (AvgIpc) is 1.95. The molecule has 0 fully saturated rings. The maximum Gasteiger partial charge on any atom is 0.0299 e. The van der Waals surface area contributed by atoms with Gasteiger partial charge in [-0.3, -0.25) is 0 Å². The summed E-state index contributed by atoms with van der Waals surface area (Å²) in [7, 11) is 0. The van der Waals surface area contributed by atoms with Crippen molar-refractivity contribution in [3.63, 3.8) is 0 Å². The van der Waals surface area contributed by atoms with Crippen LogP contribution in [0, 0.1) is 0 Å². The van der Waals surface area contributed by atoms with Crippen LogP contribution in [-0.2, 0) is 0 Å². The van der Waals surface area contributed by atoms with Gasteiger partial charge in [0.1, 0.15) is 0 Å². The molecule has 58 valence electrons. The predicted octanol–water partition coefficient (Wildman–Crippen LogP) is 2.31. The van der Waals surface area contributed by atoms with E-state index >= 15 is 0 Å². The molecule has 0 aromatic carbocycles. The van der Waals surface area contributed by atoms with Gasteiger partial charge in [0.05, 0.1) is 0 Å². The molecule has 0 bridgehead atoms. The van der Waals surface area contributed by atoms with E-state index in [1.165, 1.54) is 13.0 Å². The Hall–Kier alpha value is 0.0500. The normalized spacial score (nSPS) is 21.9. The van der Waals surface area contributed by atoms with Crippen molar-refractivity contribution in [1.29, 1.82) is 0 Å². The van der Waals surface area contributed by atoms with Gasteiger partial charge in [-0.25, -0.2) is 4.31 Å². The van der Waals surface area contributed by atoms with Crippen molar-refractivity contribution in [3.8, 4) is 0 Å². The van der Waals surface area contributed by atoms with Crippen LogP contribution in [0.2, 0.25) is 0 Å². The van der Waals surface area contributed by atoms with Crippen LogP contribution in [0.5, 0.6) is 0 Å². The Bertz CT molecular complexity index is 151. The Morgan fingerprint density at radius 3 is 2.50 bits per heavy atom. The molecule has 10 heavy (non-hydrogen) atoms. The molecule has 1 heterocycles. The van der Waals surface area contributed by atoms with E-state index in [2.05, 4.69) is 24.4 Å². The average molecular weight is 157 g/mol. The summed E-state index contributed by atoms with van der Waals surface area (Å²) in [5, 5.41) is 0. The van der Waals surface area contributed by atoms with Gasteiger partial charge >= 0.3 is 0 Å². The first-order valence-corrected chi connectivity index (χ1v) is 4.86. The van der Waals surface area contributed by atoms with Gasteiger partial charge in [-0.15, -0.1) is 0 Å². The Labute approximate surface area is 67.6 Å². The minimum Gasteiger partial charge on any atom is -0.246 e. The monoisotopic (exact) mass is 157 g/mol. The fourth-order valence-electron chi connectivity index (χ4n) is 1.14. The molecule has 0 atom stereocenters. The van der Waals surface area contributed by atoms with E-state index < -0.39 is 0 Å². The number of rotatable bonds is 1. The Kier molecular flexibility index (Phi) is 2.81. The molecule has 1 aliphatic rings. The Balaban J connectivity index is 2.54. The van der Waals surface area contributed by atoms with Gasteiger partial charge in [0, 0.05) is 13.1 Å². The first-order valence-electron chi connectivity index (χ1n) is 3.68. The molecule has 2 heteroatoms. The Morgan fingerprint density at radius 2 is 2.00 bits per heavy atom. The highest BCUT2D eigenvalue weighted by molar-refractivity contribution is 7.96. The molecule has 0 aromatic rings. The predicted molar refractivity (Wildman–Crippen MR) is 48.1 cm³/mol. The molecule has 0 spiro atoms. The molecule has 0 aliphatic carbocycles. The highest BCUT2D eigenvalue weighted by atomic mass is 32.2. The topological polar surface area (TPSA) is 3.24 Å². The SMILES string of the molecule is CSN1CCC(C)=C(C)C1. The zero-order valence-electron chi connectivity index (χ0n) is 6.98. The molecular formula is C8H15NS. The molecule has 1 nitrogen and oxygen atoms in total. The lowest BCUT2D eigenvalue weighted by atomic mass is 10.1. The second-order valence-electron chi connectivity index (χ2n) is 2.86. The lowest BCUT2D eigenvalue weighted by Crippen LogP contribution is -2.23. The number of hydrogen-bond acceptors (Lipinski definition) is 2. The molecular weight excluding hydrogens is 142 g/mol. The van der Waals surface area contributed by atoms with E-state index in [0.717, 1.165) is 6.54 Å². The minimum atomic E-state index is 1.16. The smallest absolute Gasteiger partial charge is 0.0299 e. The summed E-state index contributed by atoms with van der Waals surface area (Å²) in [4.78, 5) is 0. The van der Waals surface area contributed by atoms with E-state index in [0.29, 0.717) is 0 Å². The van der Waals surface area contributed by atoms with Gasteiger partial charge in [0.15, 0.2) is 0 Å². The molecule has 0 radical (unpaired) electrons. The quantitative estimate of drug-likeness (QED) is 0.424. The summed E-state index contributed by atoms with van der Waals surface area (Å²) in [6, 6.07) is 0. The van der Waals surface area contributed by atoms with Crippen LogP contribution in [0.25, 0.3) is 0 Å². The summed E-state index contributed by atoms with van der Waals surface area (Å²) in [6.45, 7) is 6.86. The second kappa shape index (κ2) is 3.44. The summed E-state index contributed by atoms with van der Waals surface area (Å²) >= 11 is 1.85. The van der Waals surface area contributed by atoms with E-state index in [9.17, 15) is 0 Å². The molecule has 1 rings (SSSR count). The van der Waals surface area contributed by atoms with Crippen molar-refractivity contribution < 1.29 is 0 Å². The maximum atomic E-state index is 2.41. The van der Waals surface area contributed by atoms with Crippen molar-refractivity contribution in [2.75, 3.05) is 19.3 Å². The zero-order valence-corrected chi connectivity index (χ0v) is 7.79. The van der Waals surface area contributed by atoms with Crippen LogP contribution in [-0.4, -0.2) is 23.7 Å². The summed E-state index contributed by atoms with van der Waals surface area (Å²) in [5.74, 6) is 0. The molecule has 1 aliphatic heterocycles. The fourth-order valence-corrected chi connectivity index (χ4v) is 1.74. The second-order valence-corrected chi connectivity index (χ2v) is 3.74. The third kappa shape index (κ3) is 1.77. The molecule has 0 unspecified atom stereocenters. The van der Waals surface area contributed by atoms with Crippen molar-refractivity contribution >= 4 is 11.9 Å². The molecule has 0 N–H and O–H groups in total. The van der Waals surface area contributed by atoms with E-state index in [4.69, 9.17) is 0 Å². The van der Waals surface area contributed by atoms with Gasteiger partial charge < -0.3 is 0 Å². The van der Waals surface area contributed by atoms with E-state index in [-0.39, 0.29) is 0 Å². The Morgan fingerprint density at radius 1 is 1.30 bits per heavy atom. The van der Waals surface area contributed by atoms with Crippen LogP contribution in [0.15, 0.2) is 11.1 Å². The third-order valence-corrected chi connectivity index (χ3v) is 2.96. The highest BCUT2D eigenvalue weighted by Gasteiger charge is 2.11. The van der Waals surface area contributed by atoms with Gasteiger partial charge in [-0.2, -0.15) is 0 Å². The van der Waals surface area contributed by atoms with Gasteiger partial charge in [0.25, 0.3) is 0 Å². The lowest BCUT2D eigenvalue weighted by molar-refractivity contribution is 0.484.